The summed E-state index contributed by atoms with van der Waals surface area (Å²) < 4.78 is 28.2. The first-order valence-electron chi connectivity index (χ1n) is 12.4. The first kappa shape index (κ1) is 24.9. The zero-order valence-corrected chi connectivity index (χ0v) is 21.2. The van der Waals surface area contributed by atoms with Crippen molar-refractivity contribution >= 4 is 26.8 Å². The third-order valence-electron chi connectivity index (χ3n) is 7.44. The number of H-pyrrole nitrogens is 1. The highest BCUT2D eigenvalue weighted by atomic mass is 32.2. The van der Waals surface area contributed by atoms with Crippen molar-refractivity contribution in [1.82, 2.24) is 19.5 Å². The molecular weight excluding hydrogens is 452 g/mol. The van der Waals surface area contributed by atoms with Crippen LogP contribution in [0, 0.1) is 0 Å². The van der Waals surface area contributed by atoms with Gasteiger partial charge in [0.15, 0.2) is 0 Å². The quantitative estimate of drug-likeness (QED) is 0.651. The van der Waals surface area contributed by atoms with Gasteiger partial charge in [0.1, 0.15) is 0 Å². The predicted octanol–water partition coefficient (Wildman–Crippen LogP) is 3.08. The lowest BCUT2D eigenvalue weighted by Crippen LogP contribution is -2.47. The van der Waals surface area contributed by atoms with Crippen LogP contribution in [0.15, 0.2) is 34.0 Å². The van der Waals surface area contributed by atoms with Crippen molar-refractivity contribution in [2.24, 2.45) is 0 Å². The monoisotopic (exact) mass is 488 g/mol. The Balaban J connectivity index is 1.58. The minimum atomic E-state index is -3.70. The summed E-state index contributed by atoms with van der Waals surface area (Å²) in [6.45, 7) is 8.05. The van der Waals surface area contributed by atoms with E-state index in [9.17, 15) is 18.0 Å². The number of sulfonamides is 1. The van der Waals surface area contributed by atoms with Gasteiger partial charge < -0.3 is 10.3 Å². The molecule has 186 valence electrons. The molecule has 0 spiro atoms. The van der Waals surface area contributed by atoms with Gasteiger partial charge >= 0.3 is 0 Å². The smallest absolute Gasteiger partial charge is 0.252 e. The van der Waals surface area contributed by atoms with Crippen LogP contribution in [0.2, 0.25) is 0 Å². The minimum absolute atomic E-state index is 0.0626. The maximum atomic E-state index is 13.3. The Morgan fingerprint density at radius 1 is 1.03 bits per heavy atom. The number of nitrogens with zero attached hydrogens (tertiary/aromatic N) is 2. The van der Waals surface area contributed by atoms with E-state index >= 15 is 0 Å². The summed E-state index contributed by atoms with van der Waals surface area (Å²) in [5.41, 5.74) is 0.250. The van der Waals surface area contributed by atoms with Crippen molar-refractivity contribution in [3.63, 3.8) is 0 Å². The third-order valence-corrected chi connectivity index (χ3v) is 9.45. The molecule has 2 aliphatic rings. The number of aromatic amines is 1. The van der Waals surface area contributed by atoms with E-state index in [4.69, 9.17) is 0 Å². The summed E-state index contributed by atoms with van der Waals surface area (Å²) in [6.07, 6.45) is 6.24. The number of hydrogen-bond donors (Lipinski definition) is 2. The van der Waals surface area contributed by atoms with E-state index in [-0.39, 0.29) is 22.4 Å². The summed E-state index contributed by atoms with van der Waals surface area (Å²) >= 11 is 0. The molecule has 2 saturated heterocycles. The van der Waals surface area contributed by atoms with Crippen LogP contribution >= 0.6 is 0 Å². The van der Waals surface area contributed by atoms with Gasteiger partial charge in [-0.1, -0.05) is 12.8 Å². The molecule has 3 heterocycles. The van der Waals surface area contributed by atoms with Crippen LogP contribution in [-0.2, 0) is 10.0 Å². The number of amides is 1. The van der Waals surface area contributed by atoms with E-state index in [1.807, 2.05) is 6.92 Å². The minimum Gasteiger partial charge on any atom is -0.351 e. The molecule has 4 rings (SSSR count). The van der Waals surface area contributed by atoms with Crippen molar-refractivity contribution in [1.29, 1.82) is 0 Å². The number of nitrogens with one attached hydrogen (secondary N) is 2. The lowest BCUT2D eigenvalue weighted by molar-refractivity contribution is 0.0890. The summed E-state index contributed by atoms with van der Waals surface area (Å²) in [6, 6.07) is 6.75. The fourth-order valence-corrected chi connectivity index (χ4v) is 7.18. The molecule has 3 atom stereocenters. The SMILES string of the molecule is CC1CCCC(C)N1CCNC(=O)c1cc(=O)[nH]c2ccc(S(=O)(=O)N3CCCCC3C)cc12. The van der Waals surface area contributed by atoms with Crippen molar-refractivity contribution in [3.05, 3.63) is 40.2 Å². The number of hydrogen-bond acceptors (Lipinski definition) is 5. The fourth-order valence-electron chi connectivity index (χ4n) is 5.45. The van der Waals surface area contributed by atoms with E-state index < -0.39 is 15.6 Å². The second-order valence-electron chi connectivity index (χ2n) is 9.84. The second kappa shape index (κ2) is 10.2. The zero-order valence-electron chi connectivity index (χ0n) is 20.3. The summed E-state index contributed by atoms with van der Waals surface area (Å²) in [7, 11) is -3.70. The Hall–Kier alpha value is -2.23. The summed E-state index contributed by atoms with van der Waals surface area (Å²) in [5, 5.41) is 3.38. The number of benzene rings is 1. The maximum Gasteiger partial charge on any atom is 0.252 e. The fraction of sp³-hybridized carbons (Fsp3) is 0.600. The molecule has 1 amide bonds. The molecule has 2 aliphatic heterocycles. The first-order chi connectivity index (χ1) is 16.2. The van der Waals surface area contributed by atoms with Gasteiger partial charge in [0.05, 0.1) is 10.5 Å². The maximum absolute atomic E-state index is 13.3. The molecule has 2 N–H and O–H groups in total. The van der Waals surface area contributed by atoms with Crippen LogP contribution in [0.4, 0.5) is 0 Å². The zero-order chi connectivity index (χ0) is 24.5. The number of carbonyl (C=O) groups excluding carboxylic acids is 1. The van der Waals surface area contributed by atoms with Crippen LogP contribution in [0.5, 0.6) is 0 Å². The van der Waals surface area contributed by atoms with E-state index in [1.165, 1.54) is 24.6 Å². The number of aromatic nitrogens is 1. The highest BCUT2D eigenvalue weighted by Gasteiger charge is 2.31. The van der Waals surface area contributed by atoms with Crippen molar-refractivity contribution in [2.45, 2.75) is 82.3 Å². The number of piperidine rings is 2. The highest BCUT2D eigenvalue weighted by molar-refractivity contribution is 7.89. The van der Waals surface area contributed by atoms with Gasteiger partial charge in [0.25, 0.3) is 5.91 Å². The van der Waals surface area contributed by atoms with Gasteiger partial charge in [-0.05, 0) is 64.7 Å². The van der Waals surface area contributed by atoms with Crippen LogP contribution in [0.1, 0.15) is 69.7 Å². The van der Waals surface area contributed by atoms with Gasteiger partial charge in [0.2, 0.25) is 15.6 Å². The predicted molar refractivity (Wildman–Crippen MR) is 134 cm³/mol. The molecule has 0 radical (unpaired) electrons. The van der Waals surface area contributed by atoms with Crippen LogP contribution < -0.4 is 10.9 Å². The van der Waals surface area contributed by atoms with Crippen LogP contribution in [0.3, 0.4) is 0 Å². The Bertz CT molecular complexity index is 1200. The lowest BCUT2D eigenvalue weighted by Gasteiger charge is -2.39. The molecule has 8 nitrogen and oxygen atoms in total. The Kier molecular flexibility index (Phi) is 7.45. The van der Waals surface area contributed by atoms with Gasteiger partial charge in [-0.15, -0.1) is 0 Å². The normalized spacial score (nSPS) is 24.9. The molecule has 9 heteroatoms. The van der Waals surface area contributed by atoms with E-state index in [0.717, 1.165) is 38.6 Å². The molecule has 34 heavy (non-hydrogen) atoms. The summed E-state index contributed by atoms with van der Waals surface area (Å²) in [5.74, 6) is -0.366. The van der Waals surface area contributed by atoms with E-state index in [2.05, 4.69) is 29.0 Å². The molecular formula is C25H36N4O4S. The van der Waals surface area contributed by atoms with Gasteiger partial charge in [-0.3, -0.25) is 14.5 Å². The Morgan fingerprint density at radius 3 is 2.44 bits per heavy atom. The van der Waals surface area contributed by atoms with Crippen molar-refractivity contribution in [3.8, 4) is 0 Å². The number of pyridine rings is 1. The number of fused-ring (bicyclic) bond motifs is 1. The molecule has 3 unspecified atom stereocenters. The van der Waals surface area contributed by atoms with Crippen LogP contribution in [0.25, 0.3) is 10.9 Å². The van der Waals surface area contributed by atoms with Gasteiger partial charge in [-0.2, -0.15) is 4.31 Å². The highest BCUT2D eigenvalue weighted by Crippen LogP contribution is 2.28. The van der Waals surface area contributed by atoms with E-state index in [1.54, 1.807) is 10.4 Å². The van der Waals surface area contributed by atoms with Crippen molar-refractivity contribution in [2.75, 3.05) is 19.6 Å². The average molecular weight is 489 g/mol. The van der Waals surface area contributed by atoms with Crippen molar-refractivity contribution < 1.29 is 13.2 Å². The molecule has 0 aliphatic carbocycles. The molecule has 2 aromatic rings. The van der Waals surface area contributed by atoms with Crippen LogP contribution in [-0.4, -0.2) is 66.3 Å². The van der Waals surface area contributed by atoms with Gasteiger partial charge in [0, 0.05) is 54.7 Å². The second-order valence-corrected chi connectivity index (χ2v) is 11.7. The molecule has 0 saturated carbocycles. The molecule has 0 bridgehead atoms. The standard InChI is InChI=1S/C25H36N4O4S/c1-17-8-6-9-18(2)28(17)14-12-26-25(31)22-16-24(30)27-23-11-10-20(15-21(22)23)34(32,33)29-13-5-4-7-19(29)3/h10-11,15-19H,4-9,12-14H2,1-3H3,(H,26,31)(H,27,30). The number of carbonyl (C=O) groups is 1. The Labute approximate surface area is 201 Å². The number of rotatable bonds is 6. The third kappa shape index (κ3) is 5.06. The molecule has 1 aromatic heterocycles. The first-order valence-corrected chi connectivity index (χ1v) is 13.9. The van der Waals surface area contributed by atoms with Gasteiger partial charge in [-0.25, -0.2) is 8.42 Å². The Morgan fingerprint density at radius 2 is 1.74 bits per heavy atom. The molecule has 2 fully saturated rings. The largest absolute Gasteiger partial charge is 0.351 e. The lowest BCUT2D eigenvalue weighted by atomic mass is 9.98. The number of likely N-dealkylation sites (tertiary alicyclic amines) is 1. The van der Waals surface area contributed by atoms with E-state index in [0.29, 0.717) is 36.1 Å². The molecule has 1 aromatic carbocycles. The topological polar surface area (TPSA) is 103 Å². The summed E-state index contributed by atoms with van der Waals surface area (Å²) in [4.78, 5) is 30.6. The average Bonchev–Trinajstić information content (AvgIpc) is 2.80.